The molecule has 0 fully saturated rings. The van der Waals surface area contributed by atoms with E-state index in [-0.39, 0.29) is 6.29 Å². The first-order valence-corrected chi connectivity index (χ1v) is 7.55. The van der Waals surface area contributed by atoms with Crippen molar-refractivity contribution in [2.24, 2.45) is 0 Å². The Hall–Kier alpha value is -0.0400. The highest BCUT2D eigenvalue weighted by Crippen LogP contribution is 2.23. The molecule has 1 aromatic carbocycles. The van der Waals surface area contributed by atoms with E-state index >= 15 is 0 Å². The van der Waals surface area contributed by atoms with Crippen LogP contribution in [-0.4, -0.2) is 26.0 Å². The largest absolute Gasteiger partial charge is 0.384 e. The number of hydrogen-bond donors (Lipinski definition) is 1. The third kappa shape index (κ3) is 5.73. The lowest BCUT2D eigenvalue weighted by molar-refractivity contribution is -0.137. The number of nitrogens with one attached hydrogen (secondary N) is 1. The van der Waals surface area contributed by atoms with Crippen LogP contribution in [0.5, 0.6) is 0 Å². The van der Waals surface area contributed by atoms with Gasteiger partial charge in [-0.25, -0.2) is 0 Å². The van der Waals surface area contributed by atoms with E-state index < -0.39 is 0 Å². The number of hydrogen-bond acceptors (Lipinski definition) is 3. The average Bonchev–Trinajstić information content (AvgIpc) is 2.32. The highest BCUT2D eigenvalue weighted by atomic mass is 127. The fourth-order valence-electron chi connectivity index (χ4n) is 1.54. The number of halogens is 2. The second kappa shape index (κ2) is 8.96. The van der Waals surface area contributed by atoms with Gasteiger partial charge in [0.25, 0.3) is 0 Å². The van der Waals surface area contributed by atoms with E-state index in [1.165, 1.54) is 0 Å². The Balaban J connectivity index is 2.39. The molecule has 3 nitrogen and oxygen atoms in total. The van der Waals surface area contributed by atoms with Crippen molar-refractivity contribution in [3.05, 3.63) is 26.8 Å². The molecule has 0 aromatic heterocycles. The molecule has 0 saturated carbocycles. The minimum Gasteiger partial charge on any atom is -0.384 e. The zero-order valence-corrected chi connectivity index (χ0v) is 13.6. The van der Waals surface area contributed by atoms with Crippen molar-refractivity contribution in [3.63, 3.8) is 0 Å². The molecule has 1 rings (SSSR count). The molecule has 0 saturated heterocycles. The Morgan fingerprint density at radius 1 is 1.28 bits per heavy atom. The van der Waals surface area contributed by atoms with Gasteiger partial charge in [-0.15, -0.1) is 0 Å². The molecule has 0 radical (unpaired) electrons. The topological polar surface area (TPSA) is 30.5 Å². The lowest BCUT2D eigenvalue weighted by Crippen LogP contribution is -2.21. The van der Waals surface area contributed by atoms with Gasteiger partial charge in [-0.3, -0.25) is 0 Å². The van der Waals surface area contributed by atoms with E-state index in [1.807, 2.05) is 32.0 Å². The van der Waals surface area contributed by atoms with Crippen molar-refractivity contribution in [1.82, 2.24) is 0 Å². The molecule has 0 amide bonds. The Kier molecular flexibility index (Phi) is 7.97. The summed E-state index contributed by atoms with van der Waals surface area (Å²) in [6, 6.07) is 5.95. The van der Waals surface area contributed by atoms with E-state index in [4.69, 9.17) is 21.1 Å². The van der Waals surface area contributed by atoms with Gasteiger partial charge in [-0.05, 0) is 54.6 Å². The minimum atomic E-state index is -0.143. The first kappa shape index (κ1) is 16.0. The second-order valence-corrected chi connectivity index (χ2v) is 5.33. The molecule has 1 N–H and O–H groups in total. The minimum absolute atomic E-state index is 0.143. The average molecular weight is 384 g/mol. The van der Waals surface area contributed by atoms with Gasteiger partial charge in [0.15, 0.2) is 6.29 Å². The zero-order chi connectivity index (χ0) is 13.4. The maximum absolute atomic E-state index is 6.14. The fraction of sp³-hybridized carbons (Fsp3) is 0.538. The molecule has 5 heteroatoms. The predicted molar refractivity (Wildman–Crippen MR) is 84.3 cm³/mol. The maximum atomic E-state index is 6.14. The van der Waals surface area contributed by atoms with E-state index in [0.29, 0.717) is 13.2 Å². The smallest absolute Gasteiger partial charge is 0.159 e. The van der Waals surface area contributed by atoms with E-state index in [9.17, 15) is 0 Å². The van der Waals surface area contributed by atoms with Crippen LogP contribution in [0.4, 0.5) is 5.69 Å². The normalized spacial score (nSPS) is 10.9. The zero-order valence-electron chi connectivity index (χ0n) is 10.7. The number of rotatable bonds is 8. The van der Waals surface area contributed by atoms with Crippen LogP contribution in [0.25, 0.3) is 0 Å². The van der Waals surface area contributed by atoms with Crippen LogP contribution in [-0.2, 0) is 9.47 Å². The Morgan fingerprint density at radius 2 is 1.94 bits per heavy atom. The van der Waals surface area contributed by atoms with Gasteiger partial charge >= 0.3 is 0 Å². The van der Waals surface area contributed by atoms with Crippen molar-refractivity contribution in [2.75, 3.05) is 25.1 Å². The maximum Gasteiger partial charge on any atom is 0.159 e. The Labute approximate surface area is 127 Å². The molecule has 0 heterocycles. The lowest BCUT2D eigenvalue weighted by atomic mass is 10.3. The van der Waals surface area contributed by atoms with Crippen molar-refractivity contribution in [3.8, 4) is 0 Å². The summed E-state index contributed by atoms with van der Waals surface area (Å²) in [4.78, 5) is 0. The molecule has 0 atom stereocenters. The van der Waals surface area contributed by atoms with Crippen LogP contribution in [0, 0.1) is 3.57 Å². The molecule has 0 spiro atoms. The highest BCUT2D eigenvalue weighted by molar-refractivity contribution is 14.1. The quantitative estimate of drug-likeness (QED) is 0.540. The SMILES string of the molecule is CCOC(CCNc1ccc(I)cc1Cl)OCC. The van der Waals surface area contributed by atoms with Crippen molar-refractivity contribution < 1.29 is 9.47 Å². The first-order valence-electron chi connectivity index (χ1n) is 6.09. The summed E-state index contributed by atoms with van der Waals surface area (Å²) in [6.45, 7) is 6.03. The summed E-state index contributed by atoms with van der Waals surface area (Å²) in [6.07, 6.45) is 0.652. The second-order valence-electron chi connectivity index (χ2n) is 3.68. The highest BCUT2D eigenvalue weighted by Gasteiger charge is 2.07. The summed E-state index contributed by atoms with van der Waals surface area (Å²) < 4.78 is 12.1. The molecular formula is C13H19ClINO2. The van der Waals surface area contributed by atoms with E-state index in [2.05, 4.69) is 27.9 Å². The van der Waals surface area contributed by atoms with Crippen molar-refractivity contribution >= 4 is 39.9 Å². The summed E-state index contributed by atoms with van der Waals surface area (Å²) in [7, 11) is 0. The molecule has 0 bridgehead atoms. The van der Waals surface area contributed by atoms with Gasteiger partial charge in [0.05, 0.1) is 10.7 Å². The van der Waals surface area contributed by atoms with Gasteiger partial charge in [0, 0.05) is 29.7 Å². The molecular weight excluding hydrogens is 365 g/mol. The van der Waals surface area contributed by atoms with Crippen LogP contribution >= 0.6 is 34.2 Å². The standard InChI is InChI=1S/C13H19ClINO2/c1-3-17-13(18-4-2)7-8-16-12-6-5-10(15)9-11(12)14/h5-6,9,13,16H,3-4,7-8H2,1-2H3. The van der Waals surface area contributed by atoms with Crippen LogP contribution in [0.15, 0.2) is 18.2 Å². The molecule has 18 heavy (non-hydrogen) atoms. The number of anilines is 1. The van der Waals surface area contributed by atoms with Gasteiger partial charge < -0.3 is 14.8 Å². The van der Waals surface area contributed by atoms with Crippen molar-refractivity contribution in [1.29, 1.82) is 0 Å². The fourth-order valence-corrected chi connectivity index (χ4v) is 2.47. The van der Waals surface area contributed by atoms with Crippen LogP contribution in [0.3, 0.4) is 0 Å². The Morgan fingerprint density at radius 3 is 2.50 bits per heavy atom. The Bertz CT molecular complexity index is 357. The summed E-state index contributed by atoms with van der Waals surface area (Å²) in [5.41, 5.74) is 0.948. The van der Waals surface area contributed by atoms with Gasteiger partial charge in [-0.2, -0.15) is 0 Å². The van der Waals surface area contributed by atoms with Gasteiger partial charge in [0.2, 0.25) is 0 Å². The molecule has 1 aromatic rings. The number of ether oxygens (including phenoxy) is 2. The van der Waals surface area contributed by atoms with Crippen molar-refractivity contribution in [2.45, 2.75) is 26.6 Å². The van der Waals surface area contributed by atoms with Gasteiger partial charge in [0.1, 0.15) is 0 Å². The summed E-state index contributed by atoms with van der Waals surface area (Å²) in [5, 5.41) is 4.03. The van der Waals surface area contributed by atoms with Crippen LogP contribution in [0.1, 0.15) is 20.3 Å². The molecule has 102 valence electrons. The van der Waals surface area contributed by atoms with Crippen LogP contribution < -0.4 is 5.32 Å². The predicted octanol–water partition coefficient (Wildman–Crippen LogP) is 4.15. The number of benzene rings is 1. The molecule has 0 aliphatic rings. The third-order valence-electron chi connectivity index (χ3n) is 2.33. The first-order chi connectivity index (χ1) is 8.67. The third-order valence-corrected chi connectivity index (χ3v) is 3.32. The van der Waals surface area contributed by atoms with Crippen LogP contribution in [0.2, 0.25) is 5.02 Å². The summed E-state index contributed by atoms with van der Waals surface area (Å²) in [5.74, 6) is 0. The van der Waals surface area contributed by atoms with E-state index in [0.717, 1.165) is 27.2 Å². The molecule has 0 aliphatic heterocycles. The monoisotopic (exact) mass is 383 g/mol. The van der Waals surface area contributed by atoms with Gasteiger partial charge in [-0.1, -0.05) is 11.6 Å². The van der Waals surface area contributed by atoms with E-state index in [1.54, 1.807) is 0 Å². The molecule has 0 aliphatic carbocycles. The molecule has 0 unspecified atom stereocenters. The summed E-state index contributed by atoms with van der Waals surface area (Å²) >= 11 is 8.38. The lowest BCUT2D eigenvalue weighted by Gasteiger charge is -2.17.